The van der Waals surface area contributed by atoms with Crippen molar-refractivity contribution in [2.24, 2.45) is 0 Å². The van der Waals surface area contributed by atoms with Gasteiger partial charge in [-0.15, -0.1) is 0 Å². The monoisotopic (exact) mass is 138 g/mol. The maximum Gasteiger partial charge on any atom is 0.442 e. The van der Waals surface area contributed by atoms with Crippen LogP contribution in [-0.2, 0) is 10.0 Å². The molecule has 0 aromatic rings. The van der Waals surface area contributed by atoms with Crippen LogP contribution in [0.5, 0.6) is 0 Å². The lowest BCUT2D eigenvalue weighted by Crippen LogP contribution is -2.19. The Bertz CT molecular complexity index is 180. The SMILES string of the molecule is CS(=O)(=O)[N]C(=O)O. The minimum Gasteiger partial charge on any atom is -0.463 e. The normalized spacial score (nSPS) is 10.6. The molecule has 0 heterocycles. The van der Waals surface area contributed by atoms with E-state index in [0.717, 1.165) is 0 Å². The van der Waals surface area contributed by atoms with E-state index in [1.165, 1.54) is 0 Å². The number of carbonyl (C=O) groups is 1. The van der Waals surface area contributed by atoms with Crippen LogP contribution < -0.4 is 4.72 Å². The first-order chi connectivity index (χ1) is 3.42. The van der Waals surface area contributed by atoms with E-state index >= 15 is 0 Å². The molecule has 1 N–H and O–H groups in total. The molecule has 0 spiro atoms. The van der Waals surface area contributed by atoms with Gasteiger partial charge in [-0.25, -0.2) is 13.2 Å². The van der Waals surface area contributed by atoms with Crippen molar-refractivity contribution in [2.45, 2.75) is 0 Å². The molecule has 0 aliphatic heterocycles. The summed E-state index contributed by atoms with van der Waals surface area (Å²) >= 11 is 0. The Morgan fingerprint density at radius 2 is 2.00 bits per heavy atom. The third kappa shape index (κ3) is 5.22. The van der Waals surface area contributed by atoms with Gasteiger partial charge in [0, 0.05) is 0 Å². The fraction of sp³-hybridized carbons (Fsp3) is 0.500. The molecule has 0 aliphatic rings. The van der Waals surface area contributed by atoms with E-state index in [0.29, 0.717) is 6.26 Å². The zero-order valence-corrected chi connectivity index (χ0v) is 4.84. The Balaban J connectivity index is 3.95. The molecule has 0 bridgehead atoms. The second-order valence-corrected chi connectivity index (χ2v) is 2.76. The average molecular weight is 138 g/mol. The summed E-state index contributed by atoms with van der Waals surface area (Å²) in [5, 5.41) is 7.70. The lowest BCUT2D eigenvalue weighted by Gasteiger charge is -1.86. The highest BCUT2D eigenvalue weighted by Crippen LogP contribution is 1.75. The second kappa shape index (κ2) is 1.99. The predicted octanol–water partition coefficient (Wildman–Crippen LogP) is -0.772. The molecule has 0 aromatic heterocycles. The molecule has 0 fully saturated rings. The van der Waals surface area contributed by atoms with Crippen LogP contribution in [0, 0.1) is 0 Å². The van der Waals surface area contributed by atoms with Crippen molar-refractivity contribution >= 4 is 16.1 Å². The lowest BCUT2D eigenvalue weighted by atomic mass is 11.3. The lowest BCUT2D eigenvalue weighted by molar-refractivity contribution is 0.200. The Kier molecular flexibility index (Phi) is 1.80. The van der Waals surface area contributed by atoms with E-state index in [2.05, 4.69) is 4.72 Å². The molecule has 5 nitrogen and oxygen atoms in total. The summed E-state index contributed by atoms with van der Waals surface area (Å²) in [4.78, 5) is 9.47. The molecule has 47 valence electrons. The third-order valence-corrected chi connectivity index (χ3v) is 0.732. The zero-order valence-electron chi connectivity index (χ0n) is 4.03. The summed E-state index contributed by atoms with van der Waals surface area (Å²) in [5.74, 6) is 0. The Labute approximate surface area is 46.4 Å². The summed E-state index contributed by atoms with van der Waals surface area (Å²) < 4.78 is 22.1. The molecule has 1 radical (unpaired) electrons. The molecule has 0 saturated heterocycles. The topological polar surface area (TPSA) is 85.5 Å². The Hall–Kier alpha value is -0.780. The van der Waals surface area contributed by atoms with E-state index in [1.54, 1.807) is 0 Å². The molecular weight excluding hydrogens is 134 g/mol. The number of rotatable bonds is 1. The molecule has 0 rings (SSSR count). The Morgan fingerprint density at radius 1 is 1.62 bits per heavy atom. The molecule has 0 aromatic carbocycles. The van der Waals surface area contributed by atoms with E-state index in [-0.39, 0.29) is 0 Å². The van der Waals surface area contributed by atoms with Gasteiger partial charge in [0.1, 0.15) is 0 Å². The van der Waals surface area contributed by atoms with Crippen LogP contribution in [0.4, 0.5) is 4.79 Å². The van der Waals surface area contributed by atoms with Gasteiger partial charge in [-0.1, -0.05) is 4.72 Å². The van der Waals surface area contributed by atoms with Crippen molar-refractivity contribution in [1.29, 1.82) is 0 Å². The van der Waals surface area contributed by atoms with E-state index in [9.17, 15) is 13.2 Å². The first-order valence-electron chi connectivity index (χ1n) is 1.58. The predicted molar refractivity (Wildman–Crippen MR) is 25.0 cm³/mol. The van der Waals surface area contributed by atoms with Crippen molar-refractivity contribution in [3.05, 3.63) is 0 Å². The molecule has 6 heteroatoms. The molecular formula is C2H4NO4S. The molecule has 0 saturated carbocycles. The molecule has 1 amide bonds. The van der Waals surface area contributed by atoms with Crippen molar-refractivity contribution < 1.29 is 18.3 Å². The average Bonchev–Trinajstić information content (AvgIpc) is 1.21. The number of nitrogens with zero attached hydrogens (tertiary/aromatic N) is 1. The van der Waals surface area contributed by atoms with Crippen LogP contribution in [0.15, 0.2) is 0 Å². The minimum atomic E-state index is -3.70. The van der Waals surface area contributed by atoms with Crippen molar-refractivity contribution in [3.63, 3.8) is 0 Å². The fourth-order valence-electron chi connectivity index (χ4n) is 0.142. The highest BCUT2D eigenvalue weighted by atomic mass is 32.2. The van der Waals surface area contributed by atoms with E-state index < -0.39 is 16.1 Å². The fourth-order valence-corrected chi connectivity index (χ4v) is 0.426. The minimum absolute atomic E-state index is 0.709. The van der Waals surface area contributed by atoms with E-state index in [1.807, 2.05) is 0 Å². The van der Waals surface area contributed by atoms with Gasteiger partial charge in [0.05, 0.1) is 6.26 Å². The number of hydrogen-bond acceptors (Lipinski definition) is 3. The highest BCUT2D eigenvalue weighted by Gasteiger charge is 2.07. The van der Waals surface area contributed by atoms with Crippen LogP contribution >= 0.6 is 0 Å². The van der Waals surface area contributed by atoms with Gasteiger partial charge in [0.2, 0.25) is 0 Å². The van der Waals surface area contributed by atoms with Gasteiger partial charge in [0.15, 0.2) is 0 Å². The molecule has 8 heavy (non-hydrogen) atoms. The summed E-state index contributed by atoms with van der Waals surface area (Å²) in [6.45, 7) is 0. The van der Waals surface area contributed by atoms with Crippen molar-refractivity contribution in [2.75, 3.05) is 6.26 Å². The Morgan fingerprint density at radius 3 is 2.00 bits per heavy atom. The number of hydrogen-bond donors (Lipinski definition) is 1. The van der Waals surface area contributed by atoms with E-state index in [4.69, 9.17) is 5.11 Å². The smallest absolute Gasteiger partial charge is 0.442 e. The van der Waals surface area contributed by atoms with Crippen molar-refractivity contribution in [3.8, 4) is 0 Å². The van der Waals surface area contributed by atoms with Crippen LogP contribution in [0.25, 0.3) is 0 Å². The molecule has 0 atom stereocenters. The summed E-state index contributed by atoms with van der Waals surface area (Å²) in [5.41, 5.74) is 0. The summed E-state index contributed by atoms with van der Waals surface area (Å²) in [6.07, 6.45) is -0.978. The van der Waals surface area contributed by atoms with Crippen molar-refractivity contribution in [1.82, 2.24) is 4.72 Å². The number of carboxylic acid groups (broad SMARTS) is 1. The van der Waals surface area contributed by atoms with Gasteiger partial charge in [-0.05, 0) is 0 Å². The molecule has 0 aliphatic carbocycles. The largest absolute Gasteiger partial charge is 0.463 e. The standard InChI is InChI=1S/C2H4NO4S/c1-8(6,7)3-2(4)5/h1H3,(H,4,5). The quantitative estimate of drug-likeness (QED) is 0.515. The van der Waals surface area contributed by atoms with Crippen LogP contribution in [-0.4, -0.2) is 25.9 Å². The maximum atomic E-state index is 9.89. The zero-order chi connectivity index (χ0) is 6.78. The molecule has 0 unspecified atom stereocenters. The van der Waals surface area contributed by atoms with Gasteiger partial charge in [-0.2, -0.15) is 0 Å². The highest BCUT2D eigenvalue weighted by molar-refractivity contribution is 7.89. The van der Waals surface area contributed by atoms with Gasteiger partial charge in [-0.3, -0.25) is 0 Å². The van der Waals surface area contributed by atoms with Crippen LogP contribution in [0.2, 0.25) is 0 Å². The number of amides is 1. The first kappa shape index (κ1) is 7.22. The number of sulfonamides is 1. The van der Waals surface area contributed by atoms with Gasteiger partial charge < -0.3 is 5.11 Å². The second-order valence-electron chi connectivity index (χ2n) is 1.11. The summed E-state index contributed by atoms with van der Waals surface area (Å²) in [6, 6.07) is 0. The first-order valence-corrected chi connectivity index (χ1v) is 3.42. The van der Waals surface area contributed by atoms with Gasteiger partial charge >= 0.3 is 6.09 Å². The van der Waals surface area contributed by atoms with Gasteiger partial charge in [0.25, 0.3) is 10.0 Å². The van der Waals surface area contributed by atoms with Crippen LogP contribution in [0.1, 0.15) is 0 Å². The maximum absolute atomic E-state index is 9.89. The third-order valence-electron chi connectivity index (χ3n) is 0.244. The van der Waals surface area contributed by atoms with Crippen LogP contribution in [0.3, 0.4) is 0 Å². The summed E-state index contributed by atoms with van der Waals surface area (Å²) in [7, 11) is -3.70.